The molecule has 1 amide bonds. The summed E-state index contributed by atoms with van der Waals surface area (Å²) >= 11 is 0. The van der Waals surface area contributed by atoms with Crippen molar-refractivity contribution in [1.29, 1.82) is 0 Å². The van der Waals surface area contributed by atoms with Crippen LogP contribution in [0.4, 0.5) is 0 Å². The molecule has 0 saturated carbocycles. The van der Waals surface area contributed by atoms with Gasteiger partial charge in [-0.3, -0.25) is 4.79 Å². The normalized spacial score (nSPS) is 25.4. The number of nitrogens with zero attached hydrogens (tertiary/aromatic N) is 1. The number of nitrogens with one attached hydrogen (secondary N) is 1. The highest BCUT2D eigenvalue weighted by Crippen LogP contribution is 2.21. The Morgan fingerprint density at radius 1 is 1.33 bits per heavy atom. The smallest absolute Gasteiger partial charge is 0.219 e. The monoisotopic (exact) mass is 212 g/mol. The second-order valence-electron chi connectivity index (χ2n) is 5.46. The Labute approximate surface area is 93.2 Å². The van der Waals surface area contributed by atoms with Crippen molar-refractivity contribution in [1.82, 2.24) is 10.2 Å². The van der Waals surface area contributed by atoms with Crippen LogP contribution in [0, 0.1) is 5.41 Å². The van der Waals surface area contributed by atoms with E-state index in [0.717, 1.165) is 38.9 Å². The van der Waals surface area contributed by atoms with Crippen LogP contribution in [0.3, 0.4) is 0 Å². The molecule has 0 aromatic heterocycles. The molecule has 1 heterocycles. The molecular formula is C12H24N2O. The second kappa shape index (κ2) is 5.50. The SMILES string of the molecule is CN1CCCCC(=O)NCCC(C)(C)C1. The zero-order valence-corrected chi connectivity index (χ0v) is 10.3. The lowest BCUT2D eigenvalue weighted by molar-refractivity contribution is -0.121. The first-order valence-electron chi connectivity index (χ1n) is 5.95. The molecule has 0 unspecified atom stereocenters. The Hall–Kier alpha value is -0.570. The first kappa shape index (κ1) is 12.5. The van der Waals surface area contributed by atoms with E-state index >= 15 is 0 Å². The largest absolute Gasteiger partial charge is 0.356 e. The topological polar surface area (TPSA) is 32.3 Å². The van der Waals surface area contributed by atoms with Crippen molar-refractivity contribution < 1.29 is 4.79 Å². The molecule has 1 saturated heterocycles. The van der Waals surface area contributed by atoms with Gasteiger partial charge in [-0.1, -0.05) is 13.8 Å². The quantitative estimate of drug-likeness (QED) is 0.662. The fourth-order valence-electron chi connectivity index (χ4n) is 2.18. The van der Waals surface area contributed by atoms with Gasteiger partial charge in [0.25, 0.3) is 0 Å². The van der Waals surface area contributed by atoms with Crippen molar-refractivity contribution in [2.75, 3.05) is 26.7 Å². The first-order valence-corrected chi connectivity index (χ1v) is 5.95. The Morgan fingerprint density at radius 2 is 2.07 bits per heavy atom. The van der Waals surface area contributed by atoms with Crippen molar-refractivity contribution in [3.8, 4) is 0 Å². The maximum Gasteiger partial charge on any atom is 0.219 e. The average Bonchev–Trinajstić information content (AvgIpc) is 2.12. The fourth-order valence-corrected chi connectivity index (χ4v) is 2.18. The Morgan fingerprint density at radius 3 is 2.80 bits per heavy atom. The van der Waals surface area contributed by atoms with Gasteiger partial charge in [0.1, 0.15) is 0 Å². The van der Waals surface area contributed by atoms with Crippen LogP contribution in [0.25, 0.3) is 0 Å². The number of hydrogen-bond acceptors (Lipinski definition) is 2. The van der Waals surface area contributed by atoms with E-state index in [9.17, 15) is 4.79 Å². The molecule has 0 bridgehead atoms. The van der Waals surface area contributed by atoms with Crippen molar-refractivity contribution in [3.63, 3.8) is 0 Å². The summed E-state index contributed by atoms with van der Waals surface area (Å²) in [6.07, 6.45) is 3.88. The van der Waals surface area contributed by atoms with Crippen LogP contribution in [0.5, 0.6) is 0 Å². The molecule has 1 N–H and O–H groups in total. The average molecular weight is 212 g/mol. The molecule has 3 nitrogen and oxygen atoms in total. The molecule has 3 heteroatoms. The first-order chi connectivity index (χ1) is 6.99. The molecule has 1 fully saturated rings. The zero-order chi connectivity index (χ0) is 11.3. The summed E-state index contributed by atoms with van der Waals surface area (Å²) < 4.78 is 0. The minimum absolute atomic E-state index is 0.218. The van der Waals surface area contributed by atoms with Gasteiger partial charge in [-0.2, -0.15) is 0 Å². The van der Waals surface area contributed by atoms with E-state index in [0.29, 0.717) is 11.8 Å². The number of carbonyl (C=O) groups excluding carboxylic acids is 1. The molecular weight excluding hydrogens is 188 g/mol. The van der Waals surface area contributed by atoms with Crippen LogP contribution in [-0.4, -0.2) is 37.5 Å². The summed E-state index contributed by atoms with van der Waals surface area (Å²) in [6, 6.07) is 0. The van der Waals surface area contributed by atoms with Crippen molar-refractivity contribution >= 4 is 5.91 Å². The van der Waals surface area contributed by atoms with E-state index in [1.165, 1.54) is 0 Å². The Bertz CT molecular complexity index is 214. The lowest BCUT2D eigenvalue weighted by Gasteiger charge is -2.30. The third-order valence-corrected chi connectivity index (χ3v) is 3.02. The standard InChI is InChI=1S/C12H24N2O/c1-12(2)7-8-13-11(15)6-4-5-9-14(3)10-12/h4-10H2,1-3H3,(H,13,15). The molecule has 0 aromatic rings. The summed E-state index contributed by atoms with van der Waals surface area (Å²) in [7, 11) is 2.18. The van der Waals surface area contributed by atoms with Gasteiger partial charge in [-0.05, 0) is 38.3 Å². The minimum atomic E-state index is 0.218. The second-order valence-corrected chi connectivity index (χ2v) is 5.46. The lowest BCUT2D eigenvalue weighted by Crippen LogP contribution is -2.34. The van der Waals surface area contributed by atoms with Gasteiger partial charge in [-0.25, -0.2) is 0 Å². The molecule has 0 atom stereocenters. The summed E-state index contributed by atoms with van der Waals surface area (Å²) in [5, 5.41) is 2.99. The van der Waals surface area contributed by atoms with Gasteiger partial charge in [0.05, 0.1) is 0 Å². The molecule has 1 aliphatic heterocycles. The van der Waals surface area contributed by atoms with Gasteiger partial charge in [0.2, 0.25) is 5.91 Å². The summed E-state index contributed by atoms with van der Waals surface area (Å²) in [5.74, 6) is 0.218. The predicted octanol–water partition coefficient (Wildman–Crippen LogP) is 1.63. The van der Waals surface area contributed by atoms with E-state index < -0.39 is 0 Å². The number of carbonyl (C=O) groups is 1. The molecule has 1 aliphatic rings. The number of hydrogen-bond donors (Lipinski definition) is 1. The Balaban J connectivity index is 2.50. The molecule has 1 rings (SSSR count). The van der Waals surface area contributed by atoms with E-state index in [2.05, 4.69) is 31.1 Å². The summed E-state index contributed by atoms with van der Waals surface area (Å²) in [6.45, 7) is 7.58. The molecule has 88 valence electrons. The third kappa shape index (κ3) is 5.17. The van der Waals surface area contributed by atoms with Gasteiger partial charge in [0, 0.05) is 19.5 Å². The number of rotatable bonds is 0. The van der Waals surface area contributed by atoms with E-state index in [1.54, 1.807) is 0 Å². The van der Waals surface area contributed by atoms with Crippen molar-refractivity contribution in [2.24, 2.45) is 5.41 Å². The van der Waals surface area contributed by atoms with Crippen LogP contribution < -0.4 is 5.32 Å². The molecule has 15 heavy (non-hydrogen) atoms. The Kier molecular flexibility index (Phi) is 4.58. The van der Waals surface area contributed by atoms with Gasteiger partial charge in [0.15, 0.2) is 0 Å². The highest BCUT2D eigenvalue weighted by Gasteiger charge is 2.20. The summed E-state index contributed by atoms with van der Waals surface area (Å²) in [5.41, 5.74) is 0.298. The predicted molar refractivity (Wildman–Crippen MR) is 62.8 cm³/mol. The third-order valence-electron chi connectivity index (χ3n) is 3.02. The van der Waals surface area contributed by atoms with E-state index in [1.807, 2.05) is 0 Å². The van der Waals surface area contributed by atoms with Gasteiger partial charge >= 0.3 is 0 Å². The number of amides is 1. The van der Waals surface area contributed by atoms with E-state index in [4.69, 9.17) is 0 Å². The molecule has 0 radical (unpaired) electrons. The van der Waals surface area contributed by atoms with Crippen LogP contribution in [0.15, 0.2) is 0 Å². The maximum absolute atomic E-state index is 11.4. The van der Waals surface area contributed by atoms with Crippen LogP contribution in [0.2, 0.25) is 0 Å². The van der Waals surface area contributed by atoms with Crippen molar-refractivity contribution in [3.05, 3.63) is 0 Å². The maximum atomic E-state index is 11.4. The van der Waals surface area contributed by atoms with Crippen LogP contribution in [-0.2, 0) is 4.79 Å². The highest BCUT2D eigenvalue weighted by molar-refractivity contribution is 5.75. The van der Waals surface area contributed by atoms with Crippen molar-refractivity contribution in [2.45, 2.75) is 39.5 Å². The van der Waals surface area contributed by atoms with Crippen LogP contribution >= 0.6 is 0 Å². The highest BCUT2D eigenvalue weighted by atomic mass is 16.1. The zero-order valence-electron chi connectivity index (χ0n) is 10.3. The molecule has 0 aliphatic carbocycles. The van der Waals surface area contributed by atoms with Crippen LogP contribution in [0.1, 0.15) is 39.5 Å². The fraction of sp³-hybridized carbons (Fsp3) is 0.917. The lowest BCUT2D eigenvalue weighted by atomic mass is 9.88. The van der Waals surface area contributed by atoms with E-state index in [-0.39, 0.29) is 5.91 Å². The van der Waals surface area contributed by atoms with Gasteiger partial charge in [-0.15, -0.1) is 0 Å². The molecule has 0 aromatic carbocycles. The van der Waals surface area contributed by atoms with Gasteiger partial charge < -0.3 is 10.2 Å². The molecule has 0 spiro atoms. The minimum Gasteiger partial charge on any atom is -0.356 e. The summed E-state index contributed by atoms with van der Waals surface area (Å²) in [4.78, 5) is 13.8.